The van der Waals surface area contributed by atoms with E-state index >= 15 is 0 Å². The Balaban J connectivity index is 2.28. The van der Waals surface area contributed by atoms with E-state index < -0.39 is 0 Å². The summed E-state index contributed by atoms with van der Waals surface area (Å²) in [6.45, 7) is -0.0806. The van der Waals surface area contributed by atoms with Crippen LogP contribution in [0, 0.1) is 0 Å². The lowest BCUT2D eigenvalue weighted by Gasteiger charge is -2.06. The van der Waals surface area contributed by atoms with E-state index in [4.69, 9.17) is 11.6 Å². The van der Waals surface area contributed by atoms with Crippen molar-refractivity contribution < 1.29 is 5.11 Å². The minimum Gasteiger partial charge on any atom is -0.390 e. The van der Waals surface area contributed by atoms with Gasteiger partial charge >= 0.3 is 0 Å². The maximum Gasteiger partial charge on any atom is 0.129 e. The largest absolute Gasteiger partial charge is 0.390 e. The van der Waals surface area contributed by atoms with Crippen molar-refractivity contribution in [3.8, 4) is 0 Å². The molecule has 0 saturated carbocycles. The van der Waals surface area contributed by atoms with Crippen molar-refractivity contribution >= 4 is 11.6 Å². The minimum absolute atomic E-state index is 0.0806. The van der Waals surface area contributed by atoms with Crippen LogP contribution in [0.2, 0.25) is 5.15 Å². The van der Waals surface area contributed by atoms with Crippen LogP contribution in [0.4, 0.5) is 0 Å². The second kappa shape index (κ2) is 5.10. The first-order chi connectivity index (χ1) is 7.79. The molecule has 16 heavy (non-hydrogen) atoms. The van der Waals surface area contributed by atoms with Crippen molar-refractivity contribution in [2.45, 2.75) is 13.0 Å². The van der Waals surface area contributed by atoms with Crippen molar-refractivity contribution in [1.82, 2.24) is 4.98 Å². The van der Waals surface area contributed by atoms with Crippen LogP contribution in [0.3, 0.4) is 0 Å². The van der Waals surface area contributed by atoms with Crippen LogP contribution < -0.4 is 0 Å². The molecule has 82 valence electrons. The standard InChI is InChI=1S/C13H12ClNO/c14-13-7-6-11(12(9-16)15-13)8-10-4-2-1-3-5-10/h1-7,16H,8-9H2. The van der Waals surface area contributed by atoms with Gasteiger partial charge in [-0.3, -0.25) is 0 Å². The Labute approximate surface area is 99.5 Å². The lowest BCUT2D eigenvalue weighted by Crippen LogP contribution is -1.99. The number of rotatable bonds is 3. The molecule has 2 nitrogen and oxygen atoms in total. The topological polar surface area (TPSA) is 33.1 Å². The zero-order valence-electron chi connectivity index (χ0n) is 8.73. The quantitative estimate of drug-likeness (QED) is 0.827. The third-order valence-corrected chi connectivity index (χ3v) is 2.63. The molecule has 0 aliphatic heterocycles. The normalized spacial score (nSPS) is 10.4. The van der Waals surface area contributed by atoms with Gasteiger partial charge in [0.1, 0.15) is 5.15 Å². The Kier molecular flexibility index (Phi) is 3.54. The summed E-state index contributed by atoms with van der Waals surface area (Å²) in [6.07, 6.45) is 0.765. The first-order valence-corrected chi connectivity index (χ1v) is 5.46. The highest BCUT2D eigenvalue weighted by molar-refractivity contribution is 6.29. The molecule has 1 aromatic heterocycles. The summed E-state index contributed by atoms with van der Waals surface area (Å²) in [5, 5.41) is 9.62. The van der Waals surface area contributed by atoms with E-state index in [0.29, 0.717) is 10.8 Å². The van der Waals surface area contributed by atoms with Crippen LogP contribution in [0.1, 0.15) is 16.8 Å². The average Bonchev–Trinajstić information content (AvgIpc) is 2.33. The third-order valence-electron chi connectivity index (χ3n) is 2.42. The summed E-state index contributed by atoms with van der Waals surface area (Å²) in [7, 11) is 0. The Morgan fingerprint density at radius 1 is 1.06 bits per heavy atom. The van der Waals surface area contributed by atoms with Gasteiger partial charge in [-0.05, 0) is 23.6 Å². The highest BCUT2D eigenvalue weighted by Gasteiger charge is 2.04. The summed E-state index contributed by atoms with van der Waals surface area (Å²) in [5.74, 6) is 0. The first kappa shape index (κ1) is 11.1. The second-order valence-corrected chi connectivity index (χ2v) is 3.95. The van der Waals surface area contributed by atoms with Crippen molar-refractivity contribution in [1.29, 1.82) is 0 Å². The molecule has 0 atom stereocenters. The maximum absolute atomic E-state index is 9.20. The molecule has 1 heterocycles. The molecule has 1 aromatic carbocycles. The molecule has 0 radical (unpaired) electrons. The molecule has 1 N–H and O–H groups in total. The predicted molar refractivity (Wildman–Crippen MR) is 64.4 cm³/mol. The van der Waals surface area contributed by atoms with Gasteiger partial charge in [-0.25, -0.2) is 4.98 Å². The van der Waals surface area contributed by atoms with Crippen LogP contribution >= 0.6 is 11.6 Å². The first-order valence-electron chi connectivity index (χ1n) is 5.08. The minimum atomic E-state index is -0.0806. The smallest absolute Gasteiger partial charge is 0.129 e. The number of aliphatic hydroxyl groups is 1. The van der Waals surface area contributed by atoms with Gasteiger partial charge in [-0.2, -0.15) is 0 Å². The van der Waals surface area contributed by atoms with Crippen LogP contribution in [0.5, 0.6) is 0 Å². The van der Waals surface area contributed by atoms with E-state index in [1.54, 1.807) is 6.07 Å². The maximum atomic E-state index is 9.20. The SMILES string of the molecule is OCc1nc(Cl)ccc1Cc1ccccc1. The van der Waals surface area contributed by atoms with Gasteiger partial charge in [0.25, 0.3) is 0 Å². The van der Waals surface area contributed by atoms with Crippen LogP contribution in [0.25, 0.3) is 0 Å². The number of nitrogens with zero attached hydrogens (tertiary/aromatic N) is 1. The van der Waals surface area contributed by atoms with Crippen LogP contribution in [0.15, 0.2) is 42.5 Å². The molecule has 2 aromatic rings. The Hall–Kier alpha value is -1.38. The fourth-order valence-corrected chi connectivity index (χ4v) is 1.78. The lowest BCUT2D eigenvalue weighted by atomic mass is 10.0. The van der Waals surface area contributed by atoms with Crippen molar-refractivity contribution in [3.05, 3.63) is 64.4 Å². The molecule has 0 saturated heterocycles. The summed E-state index contributed by atoms with van der Waals surface area (Å²) in [6, 6.07) is 13.7. The van der Waals surface area contributed by atoms with Crippen molar-refractivity contribution in [3.63, 3.8) is 0 Å². The number of aliphatic hydroxyl groups excluding tert-OH is 1. The van der Waals surface area contributed by atoms with E-state index in [9.17, 15) is 5.11 Å². The Morgan fingerprint density at radius 2 is 1.81 bits per heavy atom. The fourth-order valence-electron chi connectivity index (χ4n) is 1.62. The number of hydrogen-bond acceptors (Lipinski definition) is 2. The average molecular weight is 234 g/mol. The highest BCUT2D eigenvalue weighted by atomic mass is 35.5. The molecule has 0 bridgehead atoms. The molecule has 0 unspecified atom stereocenters. The van der Waals surface area contributed by atoms with Gasteiger partial charge in [0.2, 0.25) is 0 Å². The third kappa shape index (κ3) is 2.60. The second-order valence-electron chi connectivity index (χ2n) is 3.56. The number of hydrogen-bond donors (Lipinski definition) is 1. The van der Waals surface area contributed by atoms with Crippen molar-refractivity contribution in [2.24, 2.45) is 0 Å². The number of aromatic nitrogens is 1. The van der Waals surface area contributed by atoms with Gasteiger partial charge in [0.05, 0.1) is 12.3 Å². The molecule has 0 fully saturated rings. The number of benzene rings is 1. The summed E-state index contributed by atoms with van der Waals surface area (Å²) < 4.78 is 0. The summed E-state index contributed by atoms with van der Waals surface area (Å²) in [5.41, 5.74) is 2.86. The molecular weight excluding hydrogens is 222 g/mol. The van der Waals surface area contributed by atoms with E-state index in [-0.39, 0.29) is 6.61 Å². The van der Waals surface area contributed by atoms with Crippen LogP contribution in [-0.2, 0) is 13.0 Å². The fraction of sp³-hybridized carbons (Fsp3) is 0.154. The van der Waals surface area contributed by atoms with Crippen molar-refractivity contribution in [2.75, 3.05) is 0 Å². The van der Waals surface area contributed by atoms with Gasteiger partial charge < -0.3 is 5.11 Å². The molecule has 0 spiro atoms. The van der Waals surface area contributed by atoms with E-state index in [1.165, 1.54) is 5.56 Å². The van der Waals surface area contributed by atoms with Crippen LogP contribution in [-0.4, -0.2) is 10.1 Å². The monoisotopic (exact) mass is 233 g/mol. The van der Waals surface area contributed by atoms with Gasteiger partial charge in [0, 0.05) is 0 Å². The van der Waals surface area contributed by atoms with E-state index in [0.717, 1.165) is 12.0 Å². The molecule has 3 heteroatoms. The molecule has 0 aliphatic carbocycles. The molecule has 0 amide bonds. The lowest BCUT2D eigenvalue weighted by molar-refractivity contribution is 0.275. The van der Waals surface area contributed by atoms with E-state index in [1.807, 2.05) is 24.3 Å². The van der Waals surface area contributed by atoms with Gasteiger partial charge in [-0.15, -0.1) is 0 Å². The Bertz CT molecular complexity index is 471. The molecule has 0 aliphatic rings. The number of pyridine rings is 1. The zero-order valence-corrected chi connectivity index (χ0v) is 9.48. The predicted octanol–water partition coefficient (Wildman–Crippen LogP) is 2.82. The molecular formula is C13H12ClNO. The van der Waals surface area contributed by atoms with Gasteiger partial charge in [-0.1, -0.05) is 48.0 Å². The Morgan fingerprint density at radius 3 is 2.50 bits per heavy atom. The van der Waals surface area contributed by atoms with E-state index in [2.05, 4.69) is 17.1 Å². The summed E-state index contributed by atoms with van der Waals surface area (Å²) in [4.78, 5) is 4.10. The number of halogens is 1. The van der Waals surface area contributed by atoms with Gasteiger partial charge in [0.15, 0.2) is 0 Å². The highest BCUT2D eigenvalue weighted by Crippen LogP contribution is 2.15. The zero-order chi connectivity index (χ0) is 11.4. The molecule has 2 rings (SSSR count). The summed E-state index contributed by atoms with van der Waals surface area (Å²) >= 11 is 5.78.